The first kappa shape index (κ1) is 27.2. The summed E-state index contributed by atoms with van der Waals surface area (Å²) >= 11 is 12.5. The van der Waals surface area contributed by atoms with Gasteiger partial charge in [0.25, 0.3) is 11.6 Å². The fourth-order valence-corrected chi connectivity index (χ4v) is 3.96. The first-order valence-corrected chi connectivity index (χ1v) is 12.0. The van der Waals surface area contributed by atoms with E-state index in [-0.39, 0.29) is 39.2 Å². The maximum absolute atomic E-state index is 13.0. The second-order valence-electron chi connectivity index (χ2n) is 7.90. The second kappa shape index (κ2) is 12.2. The average molecular weight is 568 g/mol. The van der Waals surface area contributed by atoms with Gasteiger partial charge in [0, 0.05) is 29.7 Å². The highest BCUT2D eigenvalue weighted by Gasteiger charge is 2.20. The molecule has 1 amide bonds. The second-order valence-corrected chi connectivity index (χ2v) is 8.74. The van der Waals surface area contributed by atoms with Gasteiger partial charge in [0.15, 0.2) is 0 Å². The van der Waals surface area contributed by atoms with Crippen LogP contribution in [-0.4, -0.2) is 49.9 Å². The summed E-state index contributed by atoms with van der Waals surface area (Å²) in [6.07, 6.45) is 2.53. The van der Waals surface area contributed by atoms with Crippen molar-refractivity contribution in [1.82, 2.24) is 15.0 Å². The largest absolute Gasteiger partial charge is 0.478 e. The third kappa shape index (κ3) is 6.74. The van der Waals surface area contributed by atoms with Crippen molar-refractivity contribution in [1.29, 1.82) is 0 Å². The van der Waals surface area contributed by atoms with E-state index in [4.69, 9.17) is 23.2 Å². The Morgan fingerprint density at radius 1 is 0.949 bits per heavy atom. The molecule has 0 aliphatic rings. The number of hydrogen-bond acceptors (Lipinski definition) is 9. The van der Waals surface area contributed by atoms with E-state index in [9.17, 15) is 24.8 Å². The highest BCUT2D eigenvalue weighted by atomic mass is 35.5. The molecule has 0 spiro atoms. The lowest BCUT2D eigenvalue weighted by molar-refractivity contribution is -0.385. The Morgan fingerprint density at radius 2 is 1.69 bits per heavy atom. The Hall–Kier alpha value is -4.81. The molecule has 0 bridgehead atoms. The minimum absolute atomic E-state index is 0.0358. The number of nitro groups is 1. The van der Waals surface area contributed by atoms with Crippen LogP contribution in [0.15, 0.2) is 67.0 Å². The van der Waals surface area contributed by atoms with Gasteiger partial charge < -0.3 is 21.1 Å². The number of benzene rings is 2. The van der Waals surface area contributed by atoms with Gasteiger partial charge in [-0.05, 0) is 36.4 Å². The number of carbonyl (C=O) groups excluding carboxylic acids is 1. The molecule has 0 unspecified atom stereocenters. The number of nitrogens with zero attached hydrogens (tertiary/aromatic N) is 4. The van der Waals surface area contributed by atoms with Crippen LogP contribution in [-0.2, 0) is 0 Å². The van der Waals surface area contributed by atoms with Gasteiger partial charge in [-0.2, -0.15) is 0 Å². The summed E-state index contributed by atoms with van der Waals surface area (Å²) in [6, 6.07) is 13.4. The molecule has 4 N–H and O–H groups in total. The third-order valence-corrected chi connectivity index (χ3v) is 5.85. The molecule has 2 aromatic carbocycles. The number of carboxylic acid groups (broad SMARTS) is 1. The van der Waals surface area contributed by atoms with Crippen LogP contribution < -0.4 is 16.0 Å². The topological polar surface area (TPSA) is 172 Å². The van der Waals surface area contributed by atoms with Gasteiger partial charge in [-0.15, -0.1) is 0 Å². The number of carbonyl (C=O) groups is 2. The standard InChI is InChI=1S/C25H19Cl2N7O5/c26-14-5-7-18(19(27)11-14)22-20(32-23(35)16-3-1-2-4-17(16)24(36)37)13-31-25(33-22)29-10-9-28-21-8-6-15(12-30-21)34(38)39/h1-8,11-13H,9-10H2,(H,28,30)(H,32,35)(H,36,37)(H,29,31,33). The molecule has 0 aliphatic carbocycles. The van der Waals surface area contributed by atoms with E-state index in [1.54, 1.807) is 18.2 Å². The lowest BCUT2D eigenvalue weighted by Gasteiger charge is -2.14. The first-order chi connectivity index (χ1) is 18.7. The van der Waals surface area contributed by atoms with Crippen molar-refractivity contribution in [3.63, 3.8) is 0 Å². The Morgan fingerprint density at radius 3 is 2.36 bits per heavy atom. The zero-order valence-electron chi connectivity index (χ0n) is 19.9. The van der Waals surface area contributed by atoms with Crippen molar-refractivity contribution in [2.24, 2.45) is 0 Å². The summed E-state index contributed by atoms with van der Waals surface area (Å²) in [5.41, 5.74) is 0.630. The molecular formula is C25H19Cl2N7O5. The molecule has 0 aliphatic heterocycles. The number of aromatic carboxylic acids is 1. The van der Waals surface area contributed by atoms with E-state index >= 15 is 0 Å². The lowest BCUT2D eigenvalue weighted by atomic mass is 10.1. The zero-order chi connectivity index (χ0) is 27.9. The van der Waals surface area contributed by atoms with E-state index in [1.807, 2.05) is 0 Å². The molecule has 4 aromatic rings. The van der Waals surface area contributed by atoms with Crippen molar-refractivity contribution in [2.45, 2.75) is 0 Å². The van der Waals surface area contributed by atoms with E-state index in [2.05, 4.69) is 30.9 Å². The van der Waals surface area contributed by atoms with Gasteiger partial charge in [-0.1, -0.05) is 35.3 Å². The normalized spacial score (nSPS) is 10.5. The quantitative estimate of drug-likeness (QED) is 0.113. The van der Waals surface area contributed by atoms with Crippen LogP contribution >= 0.6 is 23.2 Å². The zero-order valence-corrected chi connectivity index (χ0v) is 21.4. The molecule has 0 radical (unpaired) electrons. The Balaban J connectivity index is 1.54. The molecular weight excluding hydrogens is 549 g/mol. The van der Waals surface area contributed by atoms with Crippen molar-refractivity contribution < 1.29 is 19.6 Å². The van der Waals surface area contributed by atoms with Crippen molar-refractivity contribution >= 4 is 58.2 Å². The fourth-order valence-electron chi connectivity index (χ4n) is 3.47. The smallest absolute Gasteiger partial charge is 0.336 e. The Kier molecular flexibility index (Phi) is 8.49. The number of anilines is 3. The molecule has 12 nitrogen and oxygen atoms in total. The summed E-state index contributed by atoms with van der Waals surface area (Å²) in [5.74, 6) is -1.23. The Labute approximate surface area is 231 Å². The van der Waals surface area contributed by atoms with E-state index in [0.717, 1.165) is 6.20 Å². The van der Waals surface area contributed by atoms with E-state index in [1.165, 1.54) is 42.6 Å². The number of halogens is 2. The molecule has 39 heavy (non-hydrogen) atoms. The number of amides is 1. The number of nitrogens with one attached hydrogen (secondary N) is 3. The van der Waals surface area contributed by atoms with Crippen LogP contribution in [0.25, 0.3) is 11.3 Å². The molecule has 0 fully saturated rings. The molecule has 0 saturated heterocycles. The van der Waals surface area contributed by atoms with Gasteiger partial charge in [0.1, 0.15) is 17.7 Å². The van der Waals surface area contributed by atoms with Crippen LogP contribution in [0.3, 0.4) is 0 Å². The summed E-state index contributed by atoms with van der Waals surface area (Å²) in [7, 11) is 0. The molecule has 198 valence electrons. The monoisotopic (exact) mass is 567 g/mol. The van der Waals surface area contributed by atoms with Gasteiger partial charge in [0.05, 0.1) is 33.0 Å². The predicted molar refractivity (Wildman–Crippen MR) is 147 cm³/mol. The minimum atomic E-state index is -1.24. The fraction of sp³-hybridized carbons (Fsp3) is 0.0800. The maximum Gasteiger partial charge on any atom is 0.336 e. The number of pyridine rings is 1. The molecule has 4 rings (SSSR count). The minimum Gasteiger partial charge on any atom is -0.478 e. The highest BCUT2D eigenvalue weighted by molar-refractivity contribution is 6.36. The van der Waals surface area contributed by atoms with Crippen molar-refractivity contribution in [3.05, 3.63) is 98.3 Å². The van der Waals surface area contributed by atoms with E-state index in [0.29, 0.717) is 29.5 Å². The summed E-state index contributed by atoms with van der Waals surface area (Å²) in [4.78, 5) is 47.5. The van der Waals surface area contributed by atoms with Crippen molar-refractivity contribution in [3.8, 4) is 11.3 Å². The Bertz CT molecular complexity index is 1550. The summed E-state index contributed by atoms with van der Waals surface area (Å²) < 4.78 is 0. The number of carboxylic acids is 1. The summed E-state index contributed by atoms with van der Waals surface area (Å²) in [5, 5.41) is 29.6. The number of rotatable bonds is 10. The maximum atomic E-state index is 13.0. The molecule has 0 atom stereocenters. The van der Waals surface area contributed by atoms with E-state index < -0.39 is 16.8 Å². The average Bonchev–Trinajstić information content (AvgIpc) is 2.92. The SMILES string of the molecule is O=C(O)c1ccccc1C(=O)Nc1cnc(NCCNc2ccc([N+](=O)[O-])cn2)nc1-c1ccc(Cl)cc1Cl. The predicted octanol–water partition coefficient (Wildman–Crippen LogP) is 5.23. The first-order valence-electron chi connectivity index (χ1n) is 11.3. The van der Waals surface area contributed by atoms with Crippen LogP contribution in [0, 0.1) is 10.1 Å². The number of aromatic nitrogens is 3. The number of hydrogen-bond donors (Lipinski definition) is 4. The molecule has 14 heteroatoms. The van der Waals surface area contributed by atoms with Gasteiger partial charge in [0.2, 0.25) is 5.95 Å². The highest BCUT2D eigenvalue weighted by Crippen LogP contribution is 2.34. The molecule has 2 aromatic heterocycles. The van der Waals surface area contributed by atoms with Crippen molar-refractivity contribution in [2.75, 3.05) is 29.0 Å². The van der Waals surface area contributed by atoms with Gasteiger partial charge in [-0.3, -0.25) is 14.9 Å². The van der Waals surface area contributed by atoms with Crippen LogP contribution in [0.1, 0.15) is 20.7 Å². The van der Waals surface area contributed by atoms with Gasteiger partial charge >= 0.3 is 5.97 Å². The third-order valence-electron chi connectivity index (χ3n) is 5.30. The van der Waals surface area contributed by atoms with Crippen LogP contribution in [0.5, 0.6) is 0 Å². The summed E-state index contributed by atoms with van der Waals surface area (Å²) in [6.45, 7) is 0.736. The lowest BCUT2D eigenvalue weighted by Crippen LogP contribution is -2.18. The van der Waals surface area contributed by atoms with Crippen LogP contribution in [0.4, 0.5) is 23.1 Å². The van der Waals surface area contributed by atoms with Crippen LogP contribution in [0.2, 0.25) is 10.0 Å². The molecule has 0 saturated carbocycles. The molecule has 2 heterocycles. The van der Waals surface area contributed by atoms with Gasteiger partial charge in [-0.25, -0.2) is 19.7 Å².